The summed E-state index contributed by atoms with van der Waals surface area (Å²) >= 11 is 0. The van der Waals surface area contributed by atoms with Gasteiger partial charge in [0.1, 0.15) is 0 Å². The zero-order valence-electron chi connectivity index (χ0n) is 10.7. The molecule has 1 aromatic carbocycles. The largest absolute Gasteiger partial charge is 2.00 e. The fourth-order valence-electron chi connectivity index (χ4n) is 1.42. The molecule has 0 aliphatic carbocycles. The van der Waals surface area contributed by atoms with E-state index in [0.29, 0.717) is 23.0 Å². The summed E-state index contributed by atoms with van der Waals surface area (Å²) in [5.41, 5.74) is 0.812. The van der Waals surface area contributed by atoms with Gasteiger partial charge in [0.2, 0.25) is 0 Å². The molecule has 0 aliphatic rings. The van der Waals surface area contributed by atoms with Crippen molar-refractivity contribution in [2.75, 3.05) is 28.4 Å². The van der Waals surface area contributed by atoms with Crippen molar-refractivity contribution in [2.45, 2.75) is 6.92 Å². The van der Waals surface area contributed by atoms with Crippen LogP contribution in [0.25, 0.3) is 0 Å². The van der Waals surface area contributed by atoms with Crippen LogP contribution in [0, 0.1) is 13.0 Å². The van der Waals surface area contributed by atoms with Crippen LogP contribution in [0.2, 0.25) is 0 Å². The molecule has 0 saturated carbocycles. The van der Waals surface area contributed by atoms with E-state index in [1.165, 1.54) is 0 Å². The molecule has 0 amide bonds. The molecular weight excluding hydrogens is 300 g/mol. The summed E-state index contributed by atoms with van der Waals surface area (Å²) in [6, 6.07) is 3.02. The molecule has 6 heteroatoms. The molecule has 0 N–H and O–H groups in total. The second-order valence-electron chi connectivity index (χ2n) is 2.88. The molecule has 1 rings (SSSR count). The minimum absolute atomic E-state index is 0. The average molecular weight is 315 g/mol. The summed E-state index contributed by atoms with van der Waals surface area (Å²) in [5, 5.41) is 0. The first-order chi connectivity index (χ1) is 7.19. The molecule has 17 heavy (non-hydrogen) atoms. The molecule has 0 bridgehead atoms. The van der Waals surface area contributed by atoms with Gasteiger partial charge in [-0.3, -0.25) is 0 Å². The molecule has 92 valence electrons. The molecule has 0 fully saturated rings. The molecule has 0 saturated heterocycles. The summed E-state index contributed by atoms with van der Waals surface area (Å²) in [4.78, 5) is 0. The van der Waals surface area contributed by atoms with E-state index in [1.54, 1.807) is 28.4 Å². The van der Waals surface area contributed by atoms with Gasteiger partial charge in [-0.2, -0.15) is 0 Å². The van der Waals surface area contributed by atoms with E-state index < -0.39 is 0 Å². The number of halogens is 1. The second-order valence-corrected chi connectivity index (χ2v) is 2.88. The van der Waals surface area contributed by atoms with Gasteiger partial charge in [0.25, 0.3) is 0 Å². The fourth-order valence-corrected chi connectivity index (χ4v) is 1.42. The third-order valence-corrected chi connectivity index (χ3v) is 2.08. The minimum atomic E-state index is 0. The molecule has 4 nitrogen and oxygen atoms in total. The van der Waals surface area contributed by atoms with Crippen molar-refractivity contribution >= 4 is 23.1 Å². The number of benzene rings is 1. The van der Waals surface area contributed by atoms with Crippen LogP contribution in [0.4, 0.5) is 0 Å². The van der Waals surface area contributed by atoms with E-state index >= 15 is 0 Å². The Balaban J connectivity index is 0. The number of rotatable bonds is 4. The molecule has 0 aliphatic heterocycles. The summed E-state index contributed by atoms with van der Waals surface area (Å²) in [7, 11) is 6.23. The van der Waals surface area contributed by atoms with E-state index in [9.17, 15) is 0 Å². The van der Waals surface area contributed by atoms with Gasteiger partial charge in [0.05, 0.1) is 51.4 Å². The number of aryl methyl sites for hydroxylation is 1. The Morgan fingerprint density at radius 2 is 1.24 bits per heavy atom. The number of methoxy groups -OCH3 is 4. The van der Waals surface area contributed by atoms with Crippen molar-refractivity contribution in [1.82, 2.24) is 0 Å². The van der Waals surface area contributed by atoms with Crippen LogP contribution in [0.5, 0.6) is 23.0 Å². The molecule has 0 radical (unpaired) electrons. The molecule has 1 aromatic rings. The predicted molar refractivity (Wildman–Crippen MR) is 62.0 cm³/mol. The van der Waals surface area contributed by atoms with Gasteiger partial charge in [-0.1, -0.05) is 6.92 Å². The third kappa shape index (κ3) is 3.82. The standard InChI is InChI=1S/C11H15O4.BrH.Mg/c1-7-6-8(12-2)10(14-4)11(15-5)9(7)13-3;;/h1-5H3;1H;/q-1;;+2/p-1. The summed E-state index contributed by atoms with van der Waals surface area (Å²) in [6.45, 7) is 1.86. The number of hydrogen-bond acceptors (Lipinski definition) is 4. The van der Waals surface area contributed by atoms with Crippen LogP contribution in [0.15, 0.2) is 0 Å². The van der Waals surface area contributed by atoms with Crippen molar-refractivity contribution in [3.63, 3.8) is 0 Å². The molecule has 0 heterocycles. The Hall–Kier alpha value is -0.334. The maximum absolute atomic E-state index is 5.23. The SMILES string of the molecule is COc1[c-]c(C)c(OC)c(OC)c1OC.[Br-].[Mg+2]. The molecular formula is C11H15BrMgO4. The first-order valence-electron chi connectivity index (χ1n) is 4.45. The third-order valence-electron chi connectivity index (χ3n) is 2.08. The number of hydrogen-bond donors (Lipinski definition) is 0. The van der Waals surface area contributed by atoms with E-state index in [1.807, 2.05) is 6.92 Å². The zero-order chi connectivity index (χ0) is 11.4. The van der Waals surface area contributed by atoms with Crippen LogP contribution < -0.4 is 35.9 Å². The van der Waals surface area contributed by atoms with Gasteiger partial charge in [-0.15, -0.1) is 11.6 Å². The Morgan fingerprint density at radius 1 is 0.765 bits per heavy atom. The quantitative estimate of drug-likeness (QED) is 0.498. The van der Waals surface area contributed by atoms with Gasteiger partial charge in [0, 0.05) is 0 Å². The Labute approximate surface area is 128 Å². The van der Waals surface area contributed by atoms with E-state index in [0.717, 1.165) is 5.56 Å². The molecule has 0 aromatic heterocycles. The van der Waals surface area contributed by atoms with Crippen LogP contribution in [0.3, 0.4) is 0 Å². The summed E-state index contributed by atoms with van der Waals surface area (Å²) < 4.78 is 20.8. The van der Waals surface area contributed by atoms with Gasteiger partial charge in [-0.25, -0.2) is 0 Å². The molecule has 0 unspecified atom stereocenters. The average Bonchev–Trinajstić information content (AvgIpc) is 2.27. The van der Waals surface area contributed by atoms with Gasteiger partial charge < -0.3 is 35.9 Å². The van der Waals surface area contributed by atoms with Gasteiger partial charge >= 0.3 is 23.1 Å². The first kappa shape index (κ1) is 19.0. The number of ether oxygens (including phenoxy) is 4. The van der Waals surface area contributed by atoms with Crippen molar-refractivity contribution in [3.8, 4) is 23.0 Å². The summed E-state index contributed by atoms with van der Waals surface area (Å²) in [5.74, 6) is 2.12. The van der Waals surface area contributed by atoms with Crippen LogP contribution in [-0.4, -0.2) is 51.5 Å². The summed E-state index contributed by atoms with van der Waals surface area (Å²) in [6.07, 6.45) is 0. The van der Waals surface area contributed by atoms with Crippen LogP contribution >= 0.6 is 0 Å². The normalized spacial score (nSPS) is 8.53. The zero-order valence-corrected chi connectivity index (χ0v) is 13.7. The predicted octanol–water partition coefficient (Wildman–Crippen LogP) is -1.55. The van der Waals surface area contributed by atoms with E-state index in [4.69, 9.17) is 18.9 Å². The van der Waals surface area contributed by atoms with E-state index in [-0.39, 0.29) is 40.0 Å². The van der Waals surface area contributed by atoms with Gasteiger partial charge in [-0.05, 0) is 0 Å². The monoisotopic (exact) mass is 314 g/mol. The maximum atomic E-state index is 5.23. The first-order valence-corrected chi connectivity index (χ1v) is 4.45. The fraction of sp³-hybridized carbons (Fsp3) is 0.455. The van der Waals surface area contributed by atoms with Crippen LogP contribution in [0.1, 0.15) is 5.56 Å². The Kier molecular flexibility index (Phi) is 9.75. The smallest absolute Gasteiger partial charge is 1.00 e. The van der Waals surface area contributed by atoms with Crippen LogP contribution in [-0.2, 0) is 0 Å². The van der Waals surface area contributed by atoms with Crippen molar-refractivity contribution in [1.29, 1.82) is 0 Å². The Morgan fingerprint density at radius 3 is 1.59 bits per heavy atom. The van der Waals surface area contributed by atoms with Crippen molar-refractivity contribution in [3.05, 3.63) is 11.6 Å². The topological polar surface area (TPSA) is 36.9 Å². The van der Waals surface area contributed by atoms with Crippen molar-refractivity contribution < 1.29 is 35.9 Å². The van der Waals surface area contributed by atoms with Gasteiger partial charge in [0.15, 0.2) is 0 Å². The molecule has 0 spiro atoms. The Bertz CT molecular complexity index is 358. The minimum Gasteiger partial charge on any atom is -1.00 e. The van der Waals surface area contributed by atoms with Crippen molar-refractivity contribution in [2.24, 2.45) is 0 Å². The molecule has 0 atom stereocenters. The van der Waals surface area contributed by atoms with E-state index in [2.05, 4.69) is 6.07 Å². The second kappa shape index (κ2) is 8.71. The maximum Gasteiger partial charge on any atom is 2.00 e.